The molecule has 4 N–H and O–H groups in total. The van der Waals surface area contributed by atoms with Crippen molar-refractivity contribution in [2.45, 2.75) is 25.8 Å². The maximum atomic E-state index is 12.0. The fourth-order valence-corrected chi connectivity index (χ4v) is 1.71. The zero-order chi connectivity index (χ0) is 13.8. The molecule has 1 amide bonds. The second kappa shape index (κ2) is 5.67. The fraction of sp³-hybridized carbons (Fsp3) is 0.286. The average molecular weight is 258 g/mol. The van der Waals surface area contributed by atoms with Crippen LogP contribution in [0.4, 0.5) is 5.82 Å². The van der Waals surface area contributed by atoms with Crippen LogP contribution in [0.25, 0.3) is 0 Å². The summed E-state index contributed by atoms with van der Waals surface area (Å²) in [6.07, 6.45) is 0. The highest BCUT2D eigenvalue weighted by molar-refractivity contribution is 5.94. The van der Waals surface area contributed by atoms with Gasteiger partial charge in [0.2, 0.25) is 5.91 Å². The summed E-state index contributed by atoms with van der Waals surface area (Å²) in [5.41, 5.74) is 7.66. The zero-order valence-corrected chi connectivity index (χ0v) is 11.1. The lowest BCUT2D eigenvalue weighted by Crippen LogP contribution is -2.27. The van der Waals surface area contributed by atoms with Crippen LogP contribution in [0.2, 0.25) is 0 Å². The van der Waals surface area contributed by atoms with Crippen molar-refractivity contribution in [3.63, 3.8) is 0 Å². The first-order chi connectivity index (χ1) is 9.08. The van der Waals surface area contributed by atoms with Gasteiger partial charge in [-0.15, -0.1) is 0 Å². The number of nitrogens with one attached hydrogen (secondary N) is 2. The van der Waals surface area contributed by atoms with Gasteiger partial charge in [-0.2, -0.15) is 5.10 Å². The molecule has 0 aliphatic rings. The van der Waals surface area contributed by atoms with Crippen molar-refractivity contribution in [3.05, 3.63) is 47.7 Å². The summed E-state index contributed by atoms with van der Waals surface area (Å²) in [4.78, 5) is 12.0. The normalized spacial score (nSPS) is 12.4. The Hall–Kier alpha value is -2.14. The number of anilines is 1. The molecule has 0 aliphatic heterocycles. The molecule has 0 spiro atoms. The van der Waals surface area contributed by atoms with Crippen molar-refractivity contribution in [3.8, 4) is 0 Å². The number of aromatic amines is 1. The maximum absolute atomic E-state index is 12.0. The lowest BCUT2D eigenvalue weighted by molar-refractivity contribution is -0.117. The van der Waals surface area contributed by atoms with E-state index in [9.17, 15) is 4.79 Å². The van der Waals surface area contributed by atoms with Gasteiger partial charge in [-0.1, -0.05) is 44.2 Å². The number of carbonyl (C=O) groups excluding carboxylic acids is 1. The minimum Gasteiger partial charge on any atom is -0.316 e. The first-order valence-corrected chi connectivity index (χ1v) is 6.24. The van der Waals surface area contributed by atoms with Crippen LogP contribution in [0.5, 0.6) is 0 Å². The van der Waals surface area contributed by atoms with Gasteiger partial charge in [-0.3, -0.25) is 9.89 Å². The summed E-state index contributed by atoms with van der Waals surface area (Å²) in [6.45, 7) is 4.10. The highest BCUT2D eigenvalue weighted by atomic mass is 16.2. The van der Waals surface area contributed by atoms with Gasteiger partial charge in [0.1, 0.15) is 6.04 Å². The molecule has 2 aromatic rings. The van der Waals surface area contributed by atoms with Gasteiger partial charge in [0.25, 0.3) is 0 Å². The van der Waals surface area contributed by atoms with E-state index in [1.54, 1.807) is 0 Å². The molecule has 19 heavy (non-hydrogen) atoms. The topological polar surface area (TPSA) is 83.8 Å². The van der Waals surface area contributed by atoms with Crippen molar-refractivity contribution >= 4 is 11.7 Å². The number of nitrogens with two attached hydrogens (primary N) is 1. The van der Waals surface area contributed by atoms with E-state index in [4.69, 9.17) is 5.73 Å². The van der Waals surface area contributed by atoms with Gasteiger partial charge in [0, 0.05) is 11.8 Å². The lowest BCUT2D eigenvalue weighted by Gasteiger charge is -2.10. The van der Waals surface area contributed by atoms with Crippen LogP contribution in [0.15, 0.2) is 36.4 Å². The largest absolute Gasteiger partial charge is 0.316 e. The number of H-pyrrole nitrogens is 1. The summed E-state index contributed by atoms with van der Waals surface area (Å²) in [7, 11) is 0. The summed E-state index contributed by atoms with van der Waals surface area (Å²) in [5.74, 6) is 0.564. The number of carbonyl (C=O) groups is 1. The van der Waals surface area contributed by atoms with Crippen LogP contribution in [0.3, 0.4) is 0 Å². The first kappa shape index (κ1) is 13.3. The number of benzene rings is 1. The smallest absolute Gasteiger partial charge is 0.247 e. The number of hydrogen-bond donors (Lipinski definition) is 3. The predicted octanol–water partition coefficient (Wildman–Crippen LogP) is 2.17. The number of hydrogen-bond acceptors (Lipinski definition) is 3. The van der Waals surface area contributed by atoms with Crippen LogP contribution >= 0.6 is 0 Å². The molecule has 5 heteroatoms. The SMILES string of the molecule is CC(C)c1cc(NC(=O)[C@H](N)c2ccccc2)n[nH]1. The number of aromatic nitrogens is 2. The molecule has 1 heterocycles. The lowest BCUT2D eigenvalue weighted by atomic mass is 10.1. The molecular weight excluding hydrogens is 240 g/mol. The molecule has 0 aliphatic carbocycles. The first-order valence-electron chi connectivity index (χ1n) is 6.24. The van der Waals surface area contributed by atoms with Gasteiger partial charge in [-0.05, 0) is 11.5 Å². The molecule has 5 nitrogen and oxygen atoms in total. The molecule has 0 radical (unpaired) electrons. The quantitative estimate of drug-likeness (QED) is 0.785. The Kier molecular flexibility index (Phi) is 3.97. The maximum Gasteiger partial charge on any atom is 0.247 e. The molecule has 1 aromatic heterocycles. The molecule has 0 bridgehead atoms. The van der Waals surface area contributed by atoms with E-state index in [2.05, 4.69) is 29.4 Å². The summed E-state index contributed by atoms with van der Waals surface area (Å²) in [5, 5.41) is 9.63. The molecule has 1 atom stereocenters. The van der Waals surface area contributed by atoms with Gasteiger partial charge < -0.3 is 11.1 Å². The van der Waals surface area contributed by atoms with Crippen molar-refractivity contribution in [2.24, 2.45) is 5.73 Å². The Morgan fingerprint density at radius 2 is 2.00 bits per heavy atom. The minimum atomic E-state index is -0.694. The Morgan fingerprint density at radius 3 is 2.58 bits per heavy atom. The number of rotatable bonds is 4. The Morgan fingerprint density at radius 1 is 1.32 bits per heavy atom. The molecule has 0 saturated carbocycles. The van der Waals surface area contributed by atoms with Gasteiger partial charge in [-0.25, -0.2) is 0 Å². The van der Waals surface area contributed by atoms with Gasteiger partial charge in [0.15, 0.2) is 5.82 Å². The van der Waals surface area contributed by atoms with Gasteiger partial charge in [0.05, 0.1) is 0 Å². The third-order valence-corrected chi connectivity index (χ3v) is 2.91. The van der Waals surface area contributed by atoms with Crippen molar-refractivity contribution in [1.82, 2.24) is 10.2 Å². The predicted molar refractivity (Wildman–Crippen MR) is 74.7 cm³/mol. The molecule has 0 saturated heterocycles. The van der Waals surface area contributed by atoms with Crippen molar-refractivity contribution in [2.75, 3.05) is 5.32 Å². The third-order valence-electron chi connectivity index (χ3n) is 2.91. The Labute approximate surface area is 112 Å². The summed E-state index contributed by atoms with van der Waals surface area (Å²) >= 11 is 0. The average Bonchev–Trinajstić information content (AvgIpc) is 2.87. The third kappa shape index (κ3) is 3.20. The summed E-state index contributed by atoms with van der Waals surface area (Å²) < 4.78 is 0. The molecule has 0 fully saturated rings. The van der Waals surface area contributed by atoms with Crippen LogP contribution in [0, 0.1) is 0 Å². The molecular formula is C14H18N4O. The fourth-order valence-electron chi connectivity index (χ4n) is 1.71. The molecule has 0 unspecified atom stereocenters. The van der Waals surface area contributed by atoms with Crippen LogP contribution in [-0.2, 0) is 4.79 Å². The highest BCUT2D eigenvalue weighted by Crippen LogP contribution is 2.16. The van der Waals surface area contributed by atoms with E-state index >= 15 is 0 Å². The van der Waals surface area contributed by atoms with E-state index in [-0.39, 0.29) is 5.91 Å². The highest BCUT2D eigenvalue weighted by Gasteiger charge is 2.16. The van der Waals surface area contributed by atoms with E-state index in [1.807, 2.05) is 36.4 Å². The van der Waals surface area contributed by atoms with E-state index in [0.29, 0.717) is 11.7 Å². The number of nitrogens with zero attached hydrogens (tertiary/aromatic N) is 1. The molecule has 1 aromatic carbocycles. The van der Waals surface area contributed by atoms with Crippen LogP contribution < -0.4 is 11.1 Å². The van der Waals surface area contributed by atoms with E-state index < -0.39 is 6.04 Å². The van der Waals surface area contributed by atoms with Gasteiger partial charge >= 0.3 is 0 Å². The summed E-state index contributed by atoms with van der Waals surface area (Å²) in [6, 6.07) is 10.4. The van der Waals surface area contributed by atoms with E-state index in [1.165, 1.54) is 0 Å². The van der Waals surface area contributed by atoms with Crippen LogP contribution in [0.1, 0.15) is 37.1 Å². The standard InChI is InChI=1S/C14H18N4O/c1-9(2)11-8-12(18-17-11)16-14(19)13(15)10-6-4-3-5-7-10/h3-9,13H,15H2,1-2H3,(H2,16,17,18,19)/t13-/m1/s1. The van der Waals surface area contributed by atoms with E-state index in [0.717, 1.165) is 11.3 Å². The Bertz CT molecular complexity index is 548. The monoisotopic (exact) mass is 258 g/mol. The molecule has 2 rings (SSSR count). The second-order valence-electron chi connectivity index (χ2n) is 4.74. The zero-order valence-electron chi connectivity index (χ0n) is 11.1. The van der Waals surface area contributed by atoms with Crippen LogP contribution in [-0.4, -0.2) is 16.1 Å². The Balaban J connectivity index is 2.04. The number of amides is 1. The molecule has 100 valence electrons. The van der Waals surface area contributed by atoms with Crippen molar-refractivity contribution in [1.29, 1.82) is 0 Å². The second-order valence-corrected chi connectivity index (χ2v) is 4.74. The van der Waals surface area contributed by atoms with Crippen molar-refractivity contribution < 1.29 is 4.79 Å². The minimum absolute atomic E-state index is 0.270.